The van der Waals surface area contributed by atoms with Gasteiger partial charge in [0, 0.05) is 7.05 Å². The Hall–Kier alpha value is -2.90. The van der Waals surface area contributed by atoms with Gasteiger partial charge in [-0.25, -0.2) is 9.59 Å². The first-order valence-corrected chi connectivity index (χ1v) is 13.3. The van der Waals surface area contributed by atoms with Gasteiger partial charge in [0.1, 0.15) is 0 Å². The summed E-state index contributed by atoms with van der Waals surface area (Å²) in [7, 11) is 14.2. The Bertz CT molecular complexity index is 1130. The molecule has 0 aliphatic rings. The number of ether oxygens (including phenoxy) is 2. The molecule has 0 aliphatic heterocycles. The zero-order valence-corrected chi connectivity index (χ0v) is 22.5. The van der Waals surface area contributed by atoms with Gasteiger partial charge in [-0.1, -0.05) is 0 Å². The molecule has 3 aromatic rings. The summed E-state index contributed by atoms with van der Waals surface area (Å²) in [4.78, 5) is 32.5. The van der Waals surface area contributed by atoms with Gasteiger partial charge in [0.15, 0.2) is 0 Å². The van der Waals surface area contributed by atoms with Crippen LogP contribution in [-0.2, 0) is 29.7 Å². The summed E-state index contributed by atoms with van der Waals surface area (Å²) in [6.07, 6.45) is 0. The second-order valence-corrected chi connectivity index (χ2v) is 9.01. The second kappa shape index (κ2) is 13.9. The maximum atomic E-state index is 11.6. The van der Waals surface area contributed by atoms with E-state index in [0.29, 0.717) is 11.1 Å². The van der Waals surface area contributed by atoms with Gasteiger partial charge in [-0.3, -0.25) is 9.98 Å². The van der Waals surface area contributed by atoms with Crippen LogP contribution in [0.25, 0.3) is 0 Å². The molecule has 0 fully saturated rings. The Balaban J connectivity index is 0.00000137. The molecule has 10 heteroatoms. The Morgan fingerprint density at radius 3 is 1.31 bits per heavy atom. The number of benzene rings is 2. The van der Waals surface area contributed by atoms with Gasteiger partial charge >= 0.3 is 45.3 Å². The number of carbonyl (C=O) groups is 2. The fourth-order valence-electron chi connectivity index (χ4n) is 3.32. The van der Waals surface area contributed by atoms with Crippen molar-refractivity contribution in [2.45, 2.75) is 13.8 Å². The van der Waals surface area contributed by atoms with Crippen molar-refractivity contribution in [3.8, 4) is 0 Å². The number of methoxy groups -OCH3 is 2. The molecule has 3 rings (SSSR count). The summed E-state index contributed by atoms with van der Waals surface area (Å²) in [5.41, 5.74) is 6.02. The van der Waals surface area contributed by atoms with Crippen molar-refractivity contribution in [3.63, 3.8) is 0 Å². The average Bonchev–Trinajstić information content (AvgIpc) is 3.26. The van der Waals surface area contributed by atoms with E-state index in [1.165, 1.54) is 14.2 Å². The van der Waals surface area contributed by atoms with E-state index in [1.54, 1.807) is 48.5 Å². The van der Waals surface area contributed by atoms with Crippen LogP contribution < -0.4 is 0 Å². The molecule has 35 heavy (non-hydrogen) atoms. The van der Waals surface area contributed by atoms with Gasteiger partial charge in [-0.2, -0.15) is 0 Å². The summed E-state index contributed by atoms with van der Waals surface area (Å²) < 4.78 is 11.5. The van der Waals surface area contributed by atoms with Crippen molar-refractivity contribution < 1.29 is 32.2 Å². The van der Waals surface area contributed by atoms with Crippen LogP contribution in [-0.4, -0.2) is 42.1 Å². The van der Waals surface area contributed by atoms with Crippen LogP contribution in [0.1, 0.15) is 46.0 Å². The number of hydrogen-bond donors (Lipinski definition) is 0. The summed E-state index contributed by atoms with van der Waals surface area (Å²) in [5.74, 6) is -0.752. The minimum absolute atomic E-state index is 0.194. The third-order valence-corrected chi connectivity index (χ3v) is 5.03. The van der Waals surface area contributed by atoms with E-state index < -0.39 is 0 Å². The first-order chi connectivity index (χ1) is 16.7. The van der Waals surface area contributed by atoms with E-state index in [4.69, 9.17) is 29.7 Å². The van der Waals surface area contributed by atoms with Crippen LogP contribution >= 0.6 is 20.2 Å². The average molecular weight is 558 g/mol. The van der Waals surface area contributed by atoms with Crippen LogP contribution in [0.3, 0.4) is 0 Å². The summed E-state index contributed by atoms with van der Waals surface area (Å²) in [5, 5.41) is 0. The second-order valence-electron chi connectivity index (χ2n) is 7.18. The van der Waals surface area contributed by atoms with Crippen LogP contribution in [0.15, 0.2) is 70.6 Å². The van der Waals surface area contributed by atoms with Crippen LogP contribution in [0.5, 0.6) is 0 Å². The first-order valence-electron chi connectivity index (χ1n) is 10.2. The van der Waals surface area contributed by atoms with E-state index in [0.717, 1.165) is 34.2 Å². The predicted molar refractivity (Wildman–Crippen MR) is 136 cm³/mol. The van der Waals surface area contributed by atoms with Gasteiger partial charge in [0.2, 0.25) is 0 Å². The molecule has 0 aliphatic carbocycles. The fraction of sp³-hybridized carbons (Fsp3) is 0.200. The van der Waals surface area contributed by atoms with Crippen molar-refractivity contribution in [2.24, 2.45) is 17.0 Å². The number of carbonyl (C=O) groups excluding carboxylic acids is 2. The van der Waals surface area contributed by atoms with Crippen molar-refractivity contribution in [1.82, 2.24) is 4.57 Å². The van der Waals surface area contributed by atoms with E-state index in [9.17, 15) is 9.59 Å². The summed E-state index contributed by atoms with van der Waals surface area (Å²) in [6.45, 7) is 3.87. The molecule has 0 atom stereocenters. The monoisotopic (exact) mass is 557 g/mol. The molecule has 1 heterocycles. The van der Waals surface area contributed by atoms with Crippen molar-refractivity contribution in [1.29, 1.82) is 0 Å². The number of halogens is 2. The number of esters is 2. The quantitative estimate of drug-likeness (QED) is 0.203. The molecule has 0 saturated heterocycles. The molecular weight excluding hydrogens is 533 g/mol. The number of rotatable bonds is 6. The third-order valence-electron chi connectivity index (χ3n) is 5.03. The SMILES string of the molecule is COC(=O)c1ccc(N=C(C)c2ccc(C(C)=Nc3ccc(C(=O)OC)cc3)n2C)cc1.[Cl][Fe][Cl]. The van der Waals surface area contributed by atoms with E-state index in [2.05, 4.69) is 9.98 Å². The maximum absolute atomic E-state index is 11.6. The van der Waals surface area contributed by atoms with Crippen molar-refractivity contribution in [2.75, 3.05) is 14.2 Å². The normalized spacial score (nSPS) is 11.5. The molecule has 0 saturated carbocycles. The minimum atomic E-state index is -0.376. The molecule has 0 bridgehead atoms. The van der Waals surface area contributed by atoms with Gasteiger partial charge < -0.3 is 14.0 Å². The molecule has 2 aromatic carbocycles. The number of aliphatic imine (C=N–C) groups is 2. The van der Waals surface area contributed by atoms with Crippen molar-refractivity contribution in [3.05, 3.63) is 83.2 Å². The molecule has 0 spiro atoms. The zero-order valence-electron chi connectivity index (χ0n) is 19.9. The van der Waals surface area contributed by atoms with Crippen molar-refractivity contribution >= 4 is 54.9 Å². The van der Waals surface area contributed by atoms with Gasteiger partial charge in [0.25, 0.3) is 0 Å². The zero-order chi connectivity index (χ0) is 26.0. The molecule has 7 nitrogen and oxygen atoms in total. The predicted octanol–water partition coefficient (Wildman–Crippen LogP) is 6.26. The molecule has 186 valence electrons. The molecule has 0 unspecified atom stereocenters. The Kier molecular flexibility index (Phi) is 11.2. The van der Waals surface area contributed by atoms with Gasteiger partial charge in [-0.15, -0.1) is 0 Å². The van der Waals surface area contributed by atoms with E-state index in [1.807, 2.05) is 37.6 Å². The Morgan fingerprint density at radius 1 is 0.714 bits per heavy atom. The topological polar surface area (TPSA) is 82.2 Å². The molecule has 0 N–H and O–H groups in total. The molecule has 0 amide bonds. The fourth-order valence-corrected chi connectivity index (χ4v) is 3.32. The van der Waals surface area contributed by atoms with Crippen LogP contribution in [0, 0.1) is 0 Å². The first kappa shape index (κ1) is 28.3. The summed E-state index contributed by atoms with van der Waals surface area (Å²) in [6, 6.07) is 17.9. The number of hydrogen-bond acceptors (Lipinski definition) is 6. The van der Waals surface area contributed by atoms with E-state index in [-0.39, 0.29) is 25.1 Å². The van der Waals surface area contributed by atoms with Gasteiger partial charge in [0.05, 0.1) is 59.5 Å². The number of aromatic nitrogens is 1. The third kappa shape index (κ3) is 7.80. The van der Waals surface area contributed by atoms with Crippen LogP contribution in [0.4, 0.5) is 11.4 Å². The Morgan fingerprint density at radius 2 is 1.03 bits per heavy atom. The molecule has 0 radical (unpaired) electrons. The number of nitrogens with zero attached hydrogens (tertiary/aromatic N) is 3. The molecular formula is C25H25Cl2FeN3O4. The van der Waals surface area contributed by atoms with Crippen LogP contribution in [0.2, 0.25) is 0 Å². The Labute approximate surface area is 219 Å². The van der Waals surface area contributed by atoms with E-state index >= 15 is 0 Å². The van der Waals surface area contributed by atoms with Gasteiger partial charge in [-0.05, 0) is 74.5 Å². The standard InChI is InChI=1S/C25H25N3O4.2ClH.Fe/c1-16(26-20-10-6-18(7-11-20)24(29)31-4)22-14-15-23(28(22)3)17(2)27-21-12-8-19(9-13-21)25(30)32-5;;;/h6-15H,1-5H3;2*1H;/q;;;+2/p-2. The summed E-state index contributed by atoms with van der Waals surface area (Å²) >= 11 is 0.194. The molecule has 1 aromatic heterocycles.